The van der Waals surface area contributed by atoms with E-state index in [1.807, 2.05) is 43.3 Å². The van der Waals surface area contributed by atoms with E-state index in [-0.39, 0.29) is 12.5 Å². The van der Waals surface area contributed by atoms with Gasteiger partial charge in [0.1, 0.15) is 11.5 Å². The molecule has 0 radical (unpaired) electrons. The Morgan fingerprint density at radius 2 is 2.00 bits per heavy atom. The minimum Gasteiger partial charge on any atom is -0.497 e. The Hall–Kier alpha value is -2.01. The van der Waals surface area contributed by atoms with E-state index in [0.29, 0.717) is 12.3 Å². The van der Waals surface area contributed by atoms with Crippen molar-refractivity contribution in [2.45, 2.75) is 19.8 Å². The third-order valence-electron chi connectivity index (χ3n) is 3.60. The molecule has 1 amide bonds. The zero-order chi connectivity index (χ0) is 17.4. The van der Waals surface area contributed by atoms with Crippen LogP contribution in [0.15, 0.2) is 46.9 Å². The van der Waals surface area contributed by atoms with E-state index < -0.39 is 0 Å². The van der Waals surface area contributed by atoms with Crippen molar-refractivity contribution in [1.29, 1.82) is 0 Å². The Balaban J connectivity index is 1.66. The van der Waals surface area contributed by atoms with E-state index in [2.05, 4.69) is 27.3 Å². The first-order valence-electron chi connectivity index (χ1n) is 7.87. The number of benzene rings is 2. The summed E-state index contributed by atoms with van der Waals surface area (Å²) in [6.07, 6.45) is 1.76. The number of carbonyl (C=O) groups is 1. The summed E-state index contributed by atoms with van der Waals surface area (Å²) in [5, 5.41) is 2.87. The molecule has 0 atom stereocenters. The van der Waals surface area contributed by atoms with Crippen LogP contribution in [-0.2, 0) is 11.2 Å². The summed E-state index contributed by atoms with van der Waals surface area (Å²) >= 11 is 3.44. The van der Waals surface area contributed by atoms with E-state index >= 15 is 0 Å². The monoisotopic (exact) mass is 391 g/mol. The standard InChI is InChI=1S/C19H22BrNO3/c1-14-11-17(8-9-18(14)20)24-13-19(22)21-10-4-6-15-5-3-7-16(12-15)23-2/h3,5,7-9,11-12H,4,6,10,13H2,1-2H3,(H,21,22). The molecule has 2 aromatic carbocycles. The molecule has 2 aromatic rings. The molecular formula is C19H22BrNO3. The lowest BCUT2D eigenvalue weighted by atomic mass is 10.1. The van der Waals surface area contributed by atoms with Crippen molar-refractivity contribution in [3.05, 3.63) is 58.1 Å². The highest BCUT2D eigenvalue weighted by molar-refractivity contribution is 9.10. The summed E-state index contributed by atoms with van der Waals surface area (Å²) in [5.41, 5.74) is 2.27. The zero-order valence-electron chi connectivity index (χ0n) is 14.0. The predicted molar refractivity (Wildman–Crippen MR) is 98.7 cm³/mol. The third kappa shape index (κ3) is 5.89. The lowest BCUT2D eigenvalue weighted by molar-refractivity contribution is -0.123. The minimum atomic E-state index is -0.110. The van der Waals surface area contributed by atoms with Gasteiger partial charge in [0.05, 0.1) is 7.11 Å². The maximum absolute atomic E-state index is 11.8. The predicted octanol–water partition coefficient (Wildman–Crippen LogP) is 3.89. The molecule has 0 heterocycles. The Bertz CT molecular complexity index is 688. The summed E-state index contributed by atoms with van der Waals surface area (Å²) in [7, 11) is 1.66. The van der Waals surface area contributed by atoms with Gasteiger partial charge in [-0.1, -0.05) is 28.1 Å². The first-order chi connectivity index (χ1) is 11.6. The van der Waals surface area contributed by atoms with Crippen molar-refractivity contribution in [3.8, 4) is 11.5 Å². The van der Waals surface area contributed by atoms with Crippen LogP contribution in [0, 0.1) is 6.92 Å². The van der Waals surface area contributed by atoms with Crippen LogP contribution in [0.1, 0.15) is 17.5 Å². The second-order valence-corrected chi connectivity index (χ2v) is 6.36. The lowest BCUT2D eigenvalue weighted by Gasteiger charge is -2.09. The molecule has 1 N–H and O–H groups in total. The fourth-order valence-electron chi connectivity index (χ4n) is 2.26. The summed E-state index contributed by atoms with van der Waals surface area (Å²) < 4.78 is 11.7. The van der Waals surface area contributed by atoms with Crippen LogP contribution in [0.25, 0.3) is 0 Å². The Morgan fingerprint density at radius 3 is 2.75 bits per heavy atom. The molecule has 0 spiro atoms. The van der Waals surface area contributed by atoms with Gasteiger partial charge in [-0.2, -0.15) is 0 Å². The molecule has 2 rings (SSSR count). The topological polar surface area (TPSA) is 47.6 Å². The van der Waals surface area contributed by atoms with Crippen LogP contribution in [0.3, 0.4) is 0 Å². The third-order valence-corrected chi connectivity index (χ3v) is 4.49. The molecule has 0 bridgehead atoms. The number of methoxy groups -OCH3 is 1. The normalized spacial score (nSPS) is 10.3. The lowest BCUT2D eigenvalue weighted by Crippen LogP contribution is -2.29. The molecule has 0 fully saturated rings. The van der Waals surface area contributed by atoms with E-state index in [1.54, 1.807) is 7.11 Å². The fraction of sp³-hybridized carbons (Fsp3) is 0.316. The average Bonchev–Trinajstić information content (AvgIpc) is 2.60. The molecule has 4 nitrogen and oxygen atoms in total. The van der Waals surface area contributed by atoms with Gasteiger partial charge in [0.25, 0.3) is 5.91 Å². The molecule has 0 saturated heterocycles. The molecular weight excluding hydrogens is 370 g/mol. The van der Waals surface area contributed by atoms with Crippen molar-refractivity contribution < 1.29 is 14.3 Å². The molecule has 0 aliphatic carbocycles. The first-order valence-corrected chi connectivity index (χ1v) is 8.66. The van der Waals surface area contributed by atoms with E-state index in [4.69, 9.17) is 9.47 Å². The van der Waals surface area contributed by atoms with Gasteiger partial charge in [0.2, 0.25) is 0 Å². The molecule has 0 aliphatic heterocycles. The van der Waals surface area contributed by atoms with Crippen molar-refractivity contribution in [2.75, 3.05) is 20.3 Å². The molecule has 0 aliphatic rings. The van der Waals surface area contributed by atoms with Gasteiger partial charge >= 0.3 is 0 Å². The average molecular weight is 392 g/mol. The summed E-state index contributed by atoms with van der Waals surface area (Å²) in [6.45, 7) is 2.63. The van der Waals surface area contributed by atoms with Crippen LogP contribution < -0.4 is 14.8 Å². The van der Waals surface area contributed by atoms with Gasteiger partial charge < -0.3 is 14.8 Å². The number of hydrogen-bond donors (Lipinski definition) is 1. The Labute approximate surface area is 151 Å². The minimum absolute atomic E-state index is 0.0280. The number of rotatable bonds is 8. The SMILES string of the molecule is COc1cccc(CCCNC(=O)COc2ccc(Br)c(C)c2)c1. The van der Waals surface area contributed by atoms with Gasteiger partial charge in [-0.15, -0.1) is 0 Å². The van der Waals surface area contributed by atoms with Crippen molar-refractivity contribution >= 4 is 21.8 Å². The number of nitrogens with one attached hydrogen (secondary N) is 1. The van der Waals surface area contributed by atoms with Crippen LogP contribution >= 0.6 is 15.9 Å². The number of aryl methyl sites for hydroxylation is 2. The summed E-state index contributed by atoms with van der Waals surface area (Å²) in [5.74, 6) is 1.44. The number of ether oxygens (including phenoxy) is 2. The second kappa shape index (κ2) is 9.33. The van der Waals surface area contributed by atoms with Crippen molar-refractivity contribution in [3.63, 3.8) is 0 Å². The quantitative estimate of drug-likeness (QED) is 0.694. The van der Waals surface area contributed by atoms with Gasteiger partial charge in [-0.05, 0) is 61.2 Å². The molecule has 5 heteroatoms. The number of amides is 1. The second-order valence-electron chi connectivity index (χ2n) is 5.50. The van der Waals surface area contributed by atoms with E-state index in [1.165, 1.54) is 5.56 Å². The van der Waals surface area contributed by atoms with Gasteiger partial charge in [0, 0.05) is 11.0 Å². The summed E-state index contributed by atoms with van der Waals surface area (Å²) in [6, 6.07) is 13.6. The Morgan fingerprint density at radius 1 is 1.17 bits per heavy atom. The molecule has 24 heavy (non-hydrogen) atoms. The number of halogens is 1. The first kappa shape index (κ1) is 18.3. The smallest absolute Gasteiger partial charge is 0.257 e. The Kier molecular flexibility index (Phi) is 7.12. The highest BCUT2D eigenvalue weighted by Gasteiger charge is 2.04. The highest BCUT2D eigenvalue weighted by Crippen LogP contribution is 2.21. The largest absolute Gasteiger partial charge is 0.497 e. The highest BCUT2D eigenvalue weighted by atomic mass is 79.9. The van der Waals surface area contributed by atoms with Gasteiger partial charge in [-0.3, -0.25) is 4.79 Å². The maximum Gasteiger partial charge on any atom is 0.257 e. The number of hydrogen-bond acceptors (Lipinski definition) is 3. The maximum atomic E-state index is 11.8. The fourth-order valence-corrected chi connectivity index (χ4v) is 2.50. The van der Waals surface area contributed by atoms with Crippen LogP contribution in [0.2, 0.25) is 0 Å². The van der Waals surface area contributed by atoms with Crippen LogP contribution in [0.4, 0.5) is 0 Å². The zero-order valence-corrected chi connectivity index (χ0v) is 15.6. The van der Waals surface area contributed by atoms with Crippen molar-refractivity contribution in [2.24, 2.45) is 0 Å². The molecule has 128 valence electrons. The van der Waals surface area contributed by atoms with E-state index in [0.717, 1.165) is 28.6 Å². The van der Waals surface area contributed by atoms with Crippen LogP contribution in [0.5, 0.6) is 11.5 Å². The van der Waals surface area contributed by atoms with Gasteiger partial charge in [-0.25, -0.2) is 0 Å². The molecule has 0 unspecified atom stereocenters. The summed E-state index contributed by atoms with van der Waals surface area (Å²) in [4.78, 5) is 11.8. The van der Waals surface area contributed by atoms with Gasteiger partial charge in [0.15, 0.2) is 6.61 Å². The van der Waals surface area contributed by atoms with Crippen LogP contribution in [-0.4, -0.2) is 26.2 Å². The van der Waals surface area contributed by atoms with E-state index in [9.17, 15) is 4.79 Å². The number of carbonyl (C=O) groups excluding carboxylic acids is 1. The molecule has 0 aromatic heterocycles. The molecule has 0 saturated carbocycles. The van der Waals surface area contributed by atoms with Crippen molar-refractivity contribution in [1.82, 2.24) is 5.32 Å².